The van der Waals surface area contributed by atoms with Crippen LogP contribution in [0.25, 0.3) is 5.57 Å². The largest absolute Gasteiger partial charge is 0.370 e. The predicted molar refractivity (Wildman–Crippen MR) is 112 cm³/mol. The lowest BCUT2D eigenvalue weighted by Crippen LogP contribution is -2.32. The smallest absolute Gasteiger partial charge is 0.238 e. The summed E-state index contributed by atoms with van der Waals surface area (Å²) in [5.41, 5.74) is 5.05. The molecule has 1 aromatic rings. The molecular formula is C24H25N3O3. The molecular weight excluding hydrogens is 378 g/mol. The van der Waals surface area contributed by atoms with Crippen LogP contribution in [0.15, 0.2) is 59.5 Å². The van der Waals surface area contributed by atoms with Gasteiger partial charge in [0, 0.05) is 56.9 Å². The van der Waals surface area contributed by atoms with Crippen LogP contribution in [0.5, 0.6) is 0 Å². The molecule has 30 heavy (non-hydrogen) atoms. The van der Waals surface area contributed by atoms with E-state index in [1.54, 1.807) is 7.11 Å². The lowest BCUT2D eigenvalue weighted by atomic mass is 9.81. The number of nitrogens with zero attached hydrogens (tertiary/aromatic N) is 3. The Morgan fingerprint density at radius 3 is 2.67 bits per heavy atom. The van der Waals surface area contributed by atoms with Gasteiger partial charge in [-0.3, -0.25) is 9.59 Å². The van der Waals surface area contributed by atoms with Crippen molar-refractivity contribution in [1.82, 2.24) is 9.80 Å². The third kappa shape index (κ3) is 3.81. The molecule has 0 N–H and O–H groups in total. The fourth-order valence-corrected chi connectivity index (χ4v) is 4.14. The molecule has 1 saturated carbocycles. The molecule has 4 rings (SSSR count). The number of Topliss-reactive ketones (excluding diaryl/α,β-unsaturated/α-hetero) is 1. The first kappa shape index (κ1) is 20.1. The summed E-state index contributed by atoms with van der Waals surface area (Å²) in [7, 11) is 3.50. The van der Waals surface area contributed by atoms with E-state index in [0.717, 1.165) is 40.8 Å². The molecule has 0 aromatic heterocycles. The number of nitriles is 1. The second kappa shape index (κ2) is 8.29. The Bertz CT molecular complexity index is 996. The first-order valence-electron chi connectivity index (χ1n) is 10.2. The quantitative estimate of drug-likeness (QED) is 0.538. The molecule has 3 aliphatic rings. The highest BCUT2D eigenvalue weighted by Crippen LogP contribution is 2.42. The van der Waals surface area contributed by atoms with Gasteiger partial charge in [0.2, 0.25) is 5.91 Å². The zero-order valence-corrected chi connectivity index (χ0v) is 17.3. The van der Waals surface area contributed by atoms with Crippen molar-refractivity contribution in [2.45, 2.75) is 31.8 Å². The molecule has 1 amide bonds. The molecule has 1 fully saturated rings. The number of allylic oxidation sites excluding steroid dienone is 3. The van der Waals surface area contributed by atoms with Crippen molar-refractivity contribution in [3.8, 4) is 6.19 Å². The SMILES string of the molecule is COC1C=C2C(=CN(C)C(CCN(C#N)C(=O)C3CC3)=C2c2ccccc2)CC1=O. The third-order valence-electron chi connectivity index (χ3n) is 5.88. The summed E-state index contributed by atoms with van der Waals surface area (Å²) < 4.78 is 5.39. The highest BCUT2D eigenvalue weighted by molar-refractivity contribution is 5.97. The Hall–Kier alpha value is -3.17. The molecule has 2 aliphatic carbocycles. The fourth-order valence-electron chi connectivity index (χ4n) is 4.14. The first-order valence-corrected chi connectivity index (χ1v) is 10.2. The van der Waals surface area contributed by atoms with Gasteiger partial charge in [-0.25, -0.2) is 4.90 Å². The summed E-state index contributed by atoms with van der Waals surface area (Å²) in [6.07, 6.45) is 7.99. The van der Waals surface area contributed by atoms with Crippen LogP contribution in [0.4, 0.5) is 0 Å². The van der Waals surface area contributed by atoms with Crippen LogP contribution in [0.3, 0.4) is 0 Å². The van der Waals surface area contributed by atoms with E-state index < -0.39 is 6.10 Å². The van der Waals surface area contributed by atoms with Gasteiger partial charge in [0.1, 0.15) is 6.10 Å². The Balaban J connectivity index is 1.73. The van der Waals surface area contributed by atoms with Crippen LogP contribution in [0, 0.1) is 17.4 Å². The maximum Gasteiger partial charge on any atom is 0.238 e. The van der Waals surface area contributed by atoms with Crippen molar-refractivity contribution in [3.63, 3.8) is 0 Å². The number of benzene rings is 1. The van der Waals surface area contributed by atoms with Gasteiger partial charge in [-0.05, 0) is 35.6 Å². The second-order valence-electron chi connectivity index (χ2n) is 7.95. The van der Waals surface area contributed by atoms with Gasteiger partial charge in [-0.15, -0.1) is 0 Å². The molecule has 0 radical (unpaired) electrons. The number of fused-ring (bicyclic) bond motifs is 1. The number of methoxy groups -OCH3 is 1. The summed E-state index contributed by atoms with van der Waals surface area (Å²) in [5.74, 6) is -0.0178. The van der Waals surface area contributed by atoms with Crippen molar-refractivity contribution in [1.29, 1.82) is 5.26 Å². The van der Waals surface area contributed by atoms with Gasteiger partial charge in [0.15, 0.2) is 12.0 Å². The number of ether oxygens (including phenoxy) is 1. The van der Waals surface area contributed by atoms with Gasteiger partial charge in [-0.2, -0.15) is 5.26 Å². The zero-order valence-electron chi connectivity index (χ0n) is 17.3. The van der Waals surface area contributed by atoms with Crippen LogP contribution in [-0.4, -0.2) is 48.3 Å². The second-order valence-corrected chi connectivity index (χ2v) is 7.95. The topological polar surface area (TPSA) is 73.6 Å². The molecule has 0 saturated heterocycles. The highest BCUT2D eigenvalue weighted by Gasteiger charge is 2.35. The number of amides is 1. The number of carbonyl (C=O) groups is 2. The molecule has 1 atom stereocenters. The Morgan fingerprint density at radius 1 is 1.30 bits per heavy atom. The number of carbonyl (C=O) groups excluding carboxylic acids is 2. The van der Waals surface area contributed by atoms with Crippen molar-refractivity contribution in [2.75, 3.05) is 20.7 Å². The number of ketones is 1. The molecule has 0 bridgehead atoms. The normalized spacial score (nSPS) is 20.9. The van der Waals surface area contributed by atoms with Crippen LogP contribution < -0.4 is 0 Å². The van der Waals surface area contributed by atoms with Gasteiger partial charge < -0.3 is 9.64 Å². The molecule has 1 heterocycles. The van der Waals surface area contributed by atoms with E-state index in [-0.39, 0.29) is 17.6 Å². The summed E-state index contributed by atoms with van der Waals surface area (Å²) in [5, 5.41) is 9.48. The molecule has 1 aromatic carbocycles. The van der Waals surface area contributed by atoms with Crippen LogP contribution in [-0.2, 0) is 14.3 Å². The number of hydrogen-bond acceptors (Lipinski definition) is 5. The molecule has 1 aliphatic heterocycles. The van der Waals surface area contributed by atoms with Crippen LogP contribution in [0.1, 0.15) is 31.2 Å². The minimum atomic E-state index is -0.562. The predicted octanol–water partition coefficient (Wildman–Crippen LogP) is 3.25. The third-order valence-corrected chi connectivity index (χ3v) is 5.88. The van der Waals surface area contributed by atoms with Crippen molar-refractivity contribution in [2.24, 2.45) is 5.92 Å². The van der Waals surface area contributed by atoms with E-state index in [0.29, 0.717) is 19.4 Å². The maximum absolute atomic E-state index is 12.4. The van der Waals surface area contributed by atoms with Gasteiger partial charge in [0.25, 0.3) is 0 Å². The fraction of sp³-hybridized carbons (Fsp3) is 0.375. The van der Waals surface area contributed by atoms with Crippen molar-refractivity contribution < 1.29 is 14.3 Å². The number of rotatable bonds is 6. The van der Waals surface area contributed by atoms with E-state index >= 15 is 0 Å². The monoisotopic (exact) mass is 403 g/mol. The highest BCUT2D eigenvalue weighted by atomic mass is 16.5. The van der Waals surface area contributed by atoms with E-state index in [1.165, 1.54) is 4.90 Å². The zero-order chi connectivity index (χ0) is 21.3. The standard InChI is InChI=1S/C24H25N3O3/c1-26-14-18-12-21(28)22(30-2)13-19(18)23(16-6-4-3-5-7-16)20(26)10-11-27(15-25)24(29)17-8-9-17/h3-7,13-14,17,22H,8-12H2,1-2H3. The molecule has 6 nitrogen and oxygen atoms in total. The van der Waals surface area contributed by atoms with Crippen molar-refractivity contribution >= 4 is 17.3 Å². The molecule has 154 valence electrons. The van der Waals surface area contributed by atoms with E-state index in [4.69, 9.17) is 4.74 Å². The summed E-state index contributed by atoms with van der Waals surface area (Å²) >= 11 is 0. The van der Waals surface area contributed by atoms with Gasteiger partial charge in [-0.1, -0.05) is 30.3 Å². The lowest BCUT2D eigenvalue weighted by molar-refractivity contribution is -0.129. The first-order chi connectivity index (χ1) is 14.5. The van der Waals surface area contributed by atoms with Crippen molar-refractivity contribution in [3.05, 3.63) is 65.0 Å². The van der Waals surface area contributed by atoms with E-state index in [2.05, 4.69) is 6.19 Å². The van der Waals surface area contributed by atoms with Gasteiger partial charge in [0.05, 0.1) is 0 Å². The van der Waals surface area contributed by atoms with E-state index in [1.807, 2.05) is 54.6 Å². The van der Waals surface area contributed by atoms with E-state index in [9.17, 15) is 14.9 Å². The Kier molecular flexibility index (Phi) is 5.56. The maximum atomic E-state index is 12.4. The average molecular weight is 403 g/mol. The van der Waals surface area contributed by atoms with Crippen LogP contribution in [0.2, 0.25) is 0 Å². The number of hydrogen-bond donors (Lipinski definition) is 0. The summed E-state index contributed by atoms with van der Waals surface area (Å²) in [6.45, 7) is 0.338. The summed E-state index contributed by atoms with van der Waals surface area (Å²) in [4.78, 5) is 28.1. The minimum Gasteiger partial charge on any atom is -0.370 e. The van der Waals surface area contributed by atoms with Crippen LogP contribution >= 0.6 is 0 Å². The Labute approximate surface area is 176 Å². The van der Waals surface area contributed by atoms with Gasteiger partial charge >= 0.3 is 0 Å². The minimum absolute atomic E-state index is 0.0114. The Morgan fingerprint density at radius 2 is 2.03 bits per heavy atom. The lowest BCUT2D eigenvalue weighted by Gasteiger charge is -2.34. The molecule has 0 spiro atoms. The molecule has 1 unspecified atom stereocenters. The molecule has 6 heteroatoms. The average Bonchev–Trinajstić information content (AvgIpc) is 3.60. The summed E-state index contributed by atoms with van der Waals surface area (Å²) in [6, 6.07) is 10.0.